The van der Waals surface area contributed by atoms with Gasteiger partial charge in [0.2, 0.25) is 0 Å². The van der Waals surface area contributed by atoms with E-state index in [-0.39, 0.29) is 0 Å². The van der Waals surface area contributed by atoms with E-state index in [4.69, 9.17) is 0 Å². The minimum absolute atomic E-state index is 0.567. The molecule has 0 fully saturated rings. The lowest BCUT2D eigenvalue weighted by atomic mass is 10.0. The number of rotatable bonds is 4. The fourth-order valence-electron chi connectivity index (χ4n) is 1.14. The van der Waals surface area contributed by atoms with E-state index in [9.17, 15) is 0 Å². The second-order valence-corrected chi connectivity index (χ2v) is 4.21. The quantitative estimate of drug-likeness (QED) is 0.759. The Bertz CT molecular complexity index is 235. The van der Waals surface area contributed by atoms with Gasteiger partial charge in [0.15, 0.2) is 0 Å². The van der Waals surface area contributed by atoms with E-state index >= 15 is 0 Å². The summed E-state index contributed by atoms with van der Waals surface area (Å²) in [5, 5.41) is 4.69. The Balaban J connectivity index is 2.52. The van der Waals surface area contributed by atoms with Crippen molar-refractivity contribution in [2.24, 2.45) is 0 Å². The maximum absolute atomic E-state index is 4.25. The molecule has 1 rings (SSSR count). The summed E-state index contributed by atoms with van der Waals surface area (Å²) in [7, 11) is 0. The Morgan fingerprint density at radius 2 is 2.33 bits per heavy atom. The van der Waals surface area contributed by atoms with E-state index in [1.165, 1.54) is 35.7 Å². The molecule has 0 saturated carbocycles. The number of unbranched alkanes of at least 4 members (excludes halogenated alkanes) is 1. The molecule has 0 aromatic carbocycles. The third-order valence-electron chi connectivity index (χ3n) is 1.93. The minimum Gasteiger partial charge on any atom is -0.132 e. The number of nitrogens with zero attached hydrogens (tertiary/aromatic N) is 2. The van der Waals surface area contributed by atoms with Crippen LogP contribution in [0.15, 0.2) is 5.03 Å². The van der Waals surface area contributed by atoms with E-state index in [2.05, 4.69) is 36.1 Å². The molecule has 2 nitrogen and oxygen atoms in total. The Hall–Kier alpha value is -0.0900. The molecule has 4 heteroatoms. The van der Waals surface area contributed by atoms with Gasteiger partial charge in [-0.15, -0.1) is 17.7 Å². The van der Waals surface area contributed by atoms with Crippen molar-refractivity contribution in [3.63, 3.8) is 0 Å². The highest BCUT2D eigenvalue weighted by Gasteiger charge is 2.11. The SMILES string of the molecule is CCCCC(C)c1snnc1S. The first-order chi connectivity index (χ1) is 5.75. The van der Waals surface area contributed by atoms with Crippen LogP contribution in [-0.2, 0) is 0 Å². The van der Waals surface area contributed by atoms with Crippen LogP contribution in [0.5, 0.6) is 0 Å². The molecule has 0 N–H and O–H groups in total. The molecule has 1 atom stereocenters. The van der Waals surface area contributed by atoms with Crippen LogP contribution in [0, 0.1) is 0 Å². The van der Waals surface area contributed by atoms with Crippen LogP contribution < -0.4 is 0 Å². The zero-order valence-corrected chi connectivity index (χ0v) is 9.16. The van der Waals surface area contributed by atoms with E-state index in [1.807, 2.05) is 0 Å². The second kappa shape index (κ2) is 4.82. The van der Waals surface area contributed by atoms with Gasteiger partial charge in [-0.05, 0) is 23.9 Å². The van der Waals surface area contributed by atoms with Crippen LogP contribution in [0.2, 0.25) is 0 Å². The van der Waals surface area contributed by atoms with Gasteiger partial charge < -0.3 is 0 Å². The Labute approximate surface area is 83.0 Å². The van der Waals surface area contributed by atoms with Crippen molar-refractivity contribution in [1.82, 2.24) is 9.59 Å². The standard InChI is InChI=1S/C8H14N2S2/c1-3-4-5-6(2)7-8(11)9-10-12-7/h6,11H,3-5H2,1-2H3. The first-order valence-electron chi connectivity index (χ1n) is 4.27. The van der Waals surface area contributed by atoms with Gasteiger partial charge in [-0.3, -0.25) is 0 Å². The normalized spacial score (nSPS) is 13.2. The van der Waals surface area contributed by atoms with E-state index in [0.29, 0.717) is 5.92 Å². The summed E-state index contributed by atoms with van der Waals surface area (Å²) in [6, 6.07) is 0. The smallest absolute Gasteiger partial charge is 0.132 e. The molecule has 0 spiro atoms. The van der Waals surface area contributed by atoms with Gasteiger partial charge in [0.1, 0.15) is 5.03 Å². The molecule has 1 unspecified atom stereocenters. The third kappa shape index (κ3) is 2.45. The monoisotopic (exact) mass is 202 g/mol. The lowest BCUT2D eigenvalue weighted by Crippen LogP contribution is -1.91. The lowest BCUT2D eigenvalue weighted by Gasteiger charge is -2.06. The zero-order chi connectivity index (χ0) is 8.97. The largest absolute Gasteiger partial charge is 0.132 e. The Kier molecular flexibility index (Phi) is 4.01. The van der Waals surface area contributed by atoms with Crippen molar-refractivity contribution in [3.05, 3.63) is 4.88 Å². The predicted octanol–water partition coefficient (Wildman–Crippen LogP) is 3.12. The molecule has 0 bridgehead atoms. The van der Waals surface area contributed by atoms with Crippen LogP contribution in [-0.4, -0.2) is 9.59 Å². The van der Waals surface area contributed by atoms with Gasteiger partial charge in [-0.2, -0.15) is 0 Å². The van der Waals surface area contributed by atoms with Crippen LogP contribution in [0.3, 0.4) is 0 Å². The molecule has 0 aliphatic rings. The molecule has 12 heavy (non-hydrogen) atoms. The number of hydrogen-bond acceptors (Lipinski definition) is 4. The topological polar surface area (TPSA) is 25.8 Å². The molecule has 1 aromatic rings. The van der Waals surface area contributed by atoms with Gasteiger partial charge in [0.25, 0.3) is 0 Å². The highest BCUT2D eigenvalue weighted by Crippen LogP contribution is 2.28. The predicted molar refractivity (Wildman–Crippen MR) is 55.1 cm³/mol. The summed E-state index contributed by atoms with van der Waals surface area (Å²) in [4.78, 5) is 1.23. The van der Waals surface area contributed by atoms with Crippen molar-refractivity contribution in [3.8, 4) is 0 Å². The molecule has 1 aromatic heterocycles. The third-order valence-corrected chi connectivity index (χ3v) is 3.37. The minimum atomic E-state index is 0.567. The molecule has 0 aliphatic carbocycles. The Morgan fingerprint density at radius 1 is 1.58 bits per heavy atom. The summed E-state index contributed by atoms with van der Waals surface area (Å²) in [6.07, 6.45) is 3.73. The molecule has 0 radical (unpaired) electrons. The second-order valence-electron chi connectivity index (χ2n) is 3.00. The highest BCUT2D eigenvalue weighted by atomic mass is 32.1. The summed E-state index contributed by atoms with van der Waals surface area (Å²) < 4.78 is 3.87. The van der Waals surface area contributed by atoms with Gasteiger partial charge in [-0.1, -0.05) is 31.2 Å². The number of hydrogen-bond donors (Lipinski definition) is 1. The lowest BCUT2D eigenvalue weighted by molar-refractivity contribution is 0.623. The molecule has 0 saturated heterocycles. The molecular formula is C8H14N2S2. The van der Waals surface area contributed by atoms with Crippen molar-refractivity contribution in [2.45, 2.75) is 44.1 Å². The van der Waals surface area contributed by atoms with E-state index in [0.717, 1.165) is 5.03 Å². The van der Waals surface area contributed by atoms with Crippen LogP contribution >= 0.6 is 24.2 Å². The van der Waals surface area contributed by atoms with Crippen molar-refractivity contribution in [1.29, 1.82) is 0 Å². The molecule has 1 heterocycles. The van der Waals surface area contributed by atoms with Gasteiger partial charge in [-0.25, -0.2) is 0 Å². The summed E-state index contributed by atoms with van der Waals surface area (Å²) in [5.41, 5.74) is 0. The average molecular weight is 202 g/mol. The van der Waals surface area contributed by atoms with Crippen LogP contribution in [0.4, 0.5) is 0 Å². The van der Waals surface area contributed by atoms with Gasteiger partial charge >= 0.3 is 0 Å². The van der Waals surface area contributed by atoms with Gasteiger partial charge in [0.05, 0.1) is 4.88 Å². The van der Waals surface area contributed by atoms with Crippen LogP contribution in [0.1, 0.15) is 43.9 Å². The number of thiol groups is 1. The fourth-order valence-corrected chi connectivity index (χ4v) is 2.22. The first kappa shape index (κ1) is 9.99. The first-order valence-corrected chi connectivity index (χ1v) is 5.49. The average Bonchev–Trinajstić information content (AvgIpc) is 2.47. The number of aromatic nitrogens is 2. The fraction of sp³-hybridized carbons (Fsp3) is 0.750. The maximum atomic E-state index is 4.25. The van der Waals surface area contributed by atoms with Crippen molar-refractivity contribution < 1.29 is 0 Å². The summed E-state index contributed by atoms with van der Waals surface area (Å²) in [6.45, 7) is 4.42. The van der Waals surface area contributed by atoms with Gasteiger partial charge in [0, 0.05) is 0 Å². The van der Waals surface area contributed by atoms with E-state index < -0.39 is 0 Å². The van der Waals surface area contributed by atoms with Crippen molar-refractivity contribution >= 4 is 24.2 Å². The molecule has 68 valence electrons. The summed E-state index contributed by atoms with van der Waals surface area (Å²) in [5.74, 6) is 0.567. The zero-order valence-electron chi connectivity index (χ0n) is 7.45. The molecular weight excluding hydrogens is 188 g/mol. The highest BCUT2D eigenvalue weighted by molar-refractivity contribution is 7.80. The Morgan fingerprint density at radius 3 is 2.83 bits per heavy atom. The molecule has 0 amide bonds. The summed E-state index contributed by atoms with van der Waals surface area (Å²) >= 11 is 5.72. The molecule has 0 aliphatic heterocycles. The van der Waals surface area contributed by atoms with E-state index in [1.54, 1.807) is 0 Å². The van der Waals surface area contributed by atoms with Crippen molar-refractivity contribution in [2.75, 3.05) is 0 Å². The maximum Gasteiger partial charge on any atom is 0.132 e. The van der Waals surface area contributed by atoms with Crippen LogP contribution in [0.25, 0.3) is 0 Å².